The van der Waals surface area contributed by atoms with Crippen molar-refractivity contribution in [2.24, 2.45) is 0 Å². The summed E-state index contributed by atoms with van der Waals surface area (Å²) in [5.41, 5.74) is 1.93. The molecule has 2 heterocycles. The third-order valence-electron chi connectivity index (χ3n) is 2.81. The Morgan fingerprint density at radius 1 is 1.50 bits per heavy atom. The lowest BCUT2D eigenvalue weighted by Crippen LogP contribution is -2.03. The van der Waals surface area contributed by atoms with Crippen molar-refractivity contribution in [3.8, 4) is 0 Å². The number of rotatable bonds is 4. The van der Waals surface area contributed by atoms with Gasteiger partial charge in [0.05, 0.1) is 16.6 Å². The Morgan fingerprint density at radius 2 is 2.22 bits per heavy atom. The first-order valence-corrected chi connectivity index (χ1v) is 6.07. The summed E-state index contributed by atoms with van der Waals surface area (Å²) in [6.45, 7) is 5.91. The summed E-state index contributed by atoms with van der Waals surface area (Å²) < 4.78 is 5.16. The van der Waals surface area contributed by atoms with E-state index in [9.17, 15) is 9.90 Å². The molecule has 5 nitrogen and oxygen atoms in total. The maximum atomic E-state index is 11.3. The molecule has 5 heteroatoms. The second-order valence-electron chi connectivity index (χ2n) is 4.62. The number of aromatic carboxylic acids is 1. The summed E-state index contributed by atoms with van der Waals surface area (Å²) in [6.07, 6.45) is 1.64. The fourth-order valence-electron chi connectivity index (χ4n) is 1.97. The average molecular weight is 248 g/mol. The minimum atomic E-state index is -0.968. The van der Waals surface area contributed by atoms with Gasteiger partial charge in [-0.05, 0) is 18.4 Å². The summed E-state index contributed by atoms with van der Waals surface area (Å²) >= 11 is 0. The quantitative estimate of drug-likeness (QED) is 0.900. The highest BCUT2D eigenvalue weighted by atomic mass is 16.5. The van der Waals surface area contributed by atoms with Gasteiger partial charge >= 0.3 is 5.97 Å². The zero-order valence-corrected chi connectivity index (χ0v) is 10.7. The zero-order valence-electron chi connectivity index (χ0n) is 10.7. The Balaban J connectivity index is 2.71. The van der Waals surface area contributed by atoms with Crippen LogP contribution in [0.5, 0.6) is 0 Å². The topological polar surface area (TPSA) is 76.2 Å². The van der Waals surface area contributed by atoms with E-state index in [1.165, 1.54) is 0 Å². The van der Waals surface area contributed by atoms with Gasteiger partial charge in [-0.25, -0.2) is 9.78 Å². The highest BCUT2D eigenvalue weighted by molar-refractivity contribution is 6.02. The van der Waals surface area contributed by atoms with Crippen molar-refractivity contribution in [3.63, 3.8) is 0 Å². The van der Waals surface area contributed by atoms with Crippen molar-refractivity contribution in [3.05, 3.63) is 23.0 Å². The van der Waals surface area contributed by atoms with Gasteiger partial charge in [0.25, 0.3) is 5.71 Å². The summed E-state index contributed by atoms with van der Waals surface area (Å²) in [6, 6.07) is 1.62. The number of carboxylic acids is 1. The first-order chi connectivity index (χ1) is 8.54. The molecule has 2 rings (SSSR count). The normalized spacial score (nSPS) is 11.3. The molecule has 0 aliphatic carbocycles. The maximum Gasteiger partial charge on any atom is 0.336 e. The van der Waals surface area contributed by atoms with Crippen LogP contribution in [-0.4, -0.2) is 21.2 Å². The molecule has 0 aromatic carbocycles. The van der Waals surface area contributed by atoms with Gasteiger partial charge in [0.15, 0.2) is 0 Å². The largest absolute Gasteiger partial charge is 0.478 e. The Kier molecular flexibility index (Phi) is 3.32. The van der Waals surface area contributed by atoms with Crippen molar-refractivity contribution < 1.29 is 14.4 Å². The van der Waals surface area contributed by atoms with Gasteiger partial charge in [0.2, 0.25) is 0 Å². The lowest BCUT2D eigenvalue weighted by Gasteiger charge is -2.04. The number of carbonyl (C=O) groups is 1. The third-order valence-corrected chi connectivity index (χ3v) is 2.81. The first kappa shape index (κ1) is 12.5. The van der Waals surface area contributed by atoms with E-state index >= 15 is 0 Å². The molecule has 0 aliphatic heterocycles. The van der Waals surface area contributed by atoms with Crippen LogP contribution in [0.4, 0.5) is 0 Å². The predicted molar refractivity (Wildman–Crippen MR) is 66.8 cm³/mol. The van der Waals surface area contributed by atoms with E-state index in [0.29, 0.717) is 16.8 Å². The van der Waals surface area contributed by atoms with Crippen LogP contribution in [0.25, 0.3) is 11.1 Å². The monoisotopic (exact) mass is 248 g/mol. The molecule has 0 aliphatic rings. The minimum absolute atomic E-state index is 0.100. The van der Waals surface area contributed by atoms with Gasteiger partial charge in [-0.15, -0.1) is 0 Å². The Bertz CT molecular complexity index is 587. The maximum absolute atomic E-state index is 11.3. The number of carboxylic acid groups (broad SMARTS) is 1. The smallest absolute Gasteiger partial charge is 0.336 e. The average Bonchev–Trinajstić information content (AvgIpc) is 2.71. The fraction of sp³-hybridized carbons (Fsp3) is 0.462. The van der Waals surface area contributed by atoms with Gasteiger partial charge in [0, 0.05) is 5.69 Å². The van der Waals surface area contributed by atoms with Crippen LogP contribution in [-0.2, 0) is 6.42 Å². The number of nitrogens with zero attached hydrogens (tertiary/aromatic N) is 2. The highest BCUT2D eigenvalue weighted by Crippen LogP contribution is 2.27. The molecule has 2 aromatic rings. The van der Waals surface area contributed by atoms with Gasteiger partial charge in [-0.1, -0.05) is 32.3 Å². The van der Waals surface area contributed by atoms with E-state index in [-0.39, 0.29) is 11.5 Å². The lowest BCUT2D eigenvalue weighted by atomic mass is 10.0. The van der Waals surface area contributed by atoms with Crippen LogP contribution in [0.3, 0.4) is 0 Å². The van der Waals surface area contributed by atoms with E-state index in [0.717, 1.165) is 18.5 Å². The second-order valence-corrected chi connectivity index (χ2v) is 4.62. The van der Waals surface area contributed by atoms with Crippen molar-refractivity contribution in [2.75, 3.05) is 0 Å². The van der Waals surface area contributed by atoms with Crippen LogP contribution in [0.15, 0.2) is 10.6 Å². The zero-order chi connectivity index (χ0) is 13.3. The SMILES string of the molecule is CCCc1cc(C(=O)O)c2c(C(C)C)noc2n1. The van der Waals surface area contributed by atoms with Crippen LogP contribution in [0, 0.1) is 0 Å². The molecule has 0 unspecified atom stereocenters. The van der Waals surface area contributed by atoms with Crippen molar-refractivity contribution in [1.29, 1.82) is 0 Å². The number of aryl methyl sites for hydroxylation is 1. The number of aromatic nitrogens is 2. The summed E-state index contributed by atoms with van der Waals surface area (Å²) in [4.78, 5) is 15.7. The van der Waals surface area contributed by atoms with Gasteiger partial charge in [-0.3, -0.25) is 0 Å². The first-order valence-electron chi connectivity index (χ1n) is 6.07. The Labute approximate surface area is 105 Å². The van der Waals surface area contributed by atoms with E-state index in [1.54, 1.807) is 6.07 Å². The van der Waals surface area contributed by atoms with Crippen molar-refractivity contribution in [2.45, 2.75) is 39.5 Å². The molecular formula is C13H16N2O3. The molecule has 0 amide bonds. The molecule has 0 fully saturated rings. The summed E-state index contributed by atoms with van der Waals surface area (Å²) in [5.74, 6) is -0.868. The Hall–Kier alpha value is -1.91. The van der Waals surface area contributed by atoms with Crippen LogP contribution >= 0.6 is 0 Å². The van der Waals surface area contributed by atoms with Gasteiger partial charge in [0.1, 0.15) is 0 Å². The standard InChI is InChI=1S/C13H16N2O3/c1-4-5-8-6-9(13(16)17)10-11(7(2)3)15-18-12(10)14-8/h6-7H,4-5H2,1-3H3,(H,16,17). The fourth-order valence-corrected chi connectivity index (χ4v) is 1.97. The number of pyridine rings is 1. The number of hydrogen-bond donors (Lipinski definition) is 1. The summed E-state index contributed by atoms with van der Waals surface area (Å²) in [7, 11) is 0. The second kappa shape index (κ2) is 4.76. The van der Waals surface area contributed by atoms with Crippen molar-refractivity contribution >= 4 is 17.1 Å². The molecule has 18 heavy (non-hydrogen) atoms. The molecule has 96 valence electrons. The third kappa shape index (κ3) is 2.08. The van der Waals surface area contributed by atoms with Gasteiger partial charge in [-0.2, -0.15) is 0 Å². The van der Waals surface area contributed by atoms with E-state index in [2.05, 4.69) is 10.1 Å². The molecule has 2 aromatic heterocycles. The molecule has 0 atom stereocenters. The molecule has 0 bridgehead atoms. The van der Waals surface area contributed by atoms with Gasteiger partial charge < -0.3 is 9.63 Å². The number of fused-ring (bicyclic) bond motifs is 1. The van der Waals surface area contributed by atoms with E-state index in [1.807, 2.05) is 20.8 Å². The van der Waals surface area contributed by atoms with E-state index < -0.39 is 5.97 Å². The van der Waals surface area contributed by atoms with Crippen LogP contribution < -0.4 is 0 Å². The minimum Gasteiger partial charge on any atom is -0.478 e. The molecule has 0 saturated heterocycles. The molecule has 0 saturated carbocycles. The van der Waals surface area contributed by atoms with Crippen LogP contribution in [0.1, 0.15) is 54.9 Å². The molecule has 0 radical (unpaired) electrons. The Morgan fingerprint density at radius 3 is 2.78 bits per heavy atom. The molecule has 0 spiro atoms. The predicted octanol–water partition coefficient (Wildman–Crippen LogP) is 3.00. The van der Waals surface area contributed by atoms with Crippen LogP contribution in [0.2, 0.25) is 0 Å². The number of hydrogen-bond acceptors (Lipinski definition) is 4. The highest BCUT2D eigenvalue weighted by Gasteiger charge is 2.21. The molecule has 1 N–H and O–H groups in total. The lowest BCUT2D eigenvalue weighted by molar-refractivity contribution is 0.0698. The van der Waals surface area contributed by atoms with E-state index in [4.69, 9.17) is 4.52 Å². The molecular weight excluding hydrogens is 232 g/mol. The summed E-state index contributed by atoms with van der Waals surface area (Å²) in [5, 5.41) is 13.8. The van der Waals surface area contributed by atoms with Crippen molar-refractivity contribution in [1.82, 2.24) is 10.1 Å².